The fraction of sp³-hybridized carbons (Fsp3) is 0.667. The summed E-state index contributed by atoms with van der Waals surface area (Å²) in [6, 6.07) is 6.34. The maximum atomic E-state index is 12.8. The first-order valence-corrected chi connectivity index (χ1v) is 10.4. The molecule has 1 N–H and O–H groups in total. The lowest BCUT2D eigenvalue weighted by molar-refractivity contribution is 0.0311. The van der Waals surface area contributed by atoms with E-state index in [4.69, 9.17) is 4.74 Å². The van der Waals surface area contributed by atoms with Gasteiger partial charge in [0.15, 0.2) is 0 Å². The molecule has 6 nitrogen and oxygen atoms in total. The van der Waals surface area contributed by atoms with E-state index < -0.39 is 0 Å². The molecule has 3 rings (SSSR count). The summed E-state index contributed by atoms with van der Waals surface area (Å²) in [6.07, 6.45) is 1.86. The summed E-state index contributed by atoms with van der Waals surface area (Å²) in [4.78, 5) is 19.7. The highest BCUT2D eigenvalue weighted by atomic mass is 16.5. The smallest absolute Gasteiger partial charge is 0.321 e. The van der Waals surface area contributed by atoms with Gasteiger partial charge in [-0.05, 0) is 24.0 Å². The Morgan fingerprint density at radius 1 is 0.926 bits per heavy atom. The SMILES string of the molecule is CCc1cccc(CC)c1NC(=O)N1CCN(CCN2CCOCC2)CC1. The van der Waals surface area contributed by atoms with E-state index in [0.29, 0.717) is 0 Å². The number of nitrogens with one attached hydrogen (secondary N) is 1. The van der Waals surface area contributed by atoms with Crippen LogP contribution in [0.15, 0.2) is 18.2 Å². The minimum Gasteiger partial charge on any atom is -0.379 e. The number of carbonyl (C=O) groups is 1. The third-order valence-corrected chi connectivity index (χ3v) is 5.73. The minimum atomic E-state index is 0.0402. The van der Waals surface area contributed by atoms with Gasteiger partial charge in [0.2, 0.25) is 0 Å². The normalized spacial score (nSPS) is 19.3. The Hall–Kier alpha value is -1.63. The van der Waals surface area contributed by atoms with E-state index in [1.165, 1.54) is 11.1 Å². The molecule has 0 saturated carbocycles. The Morgan fingerprint density at radius 2 is 1.48 bits per heavy atom. The molecule has 2 heterocycles. The largest absolute Gasteiger partial charge is 0.379 e. The first-order chi connectivity index (χ1) is 13.2. The first kappa shape index (κ1) is 20.1. The summed E-state index contributed by atoms with van der Waals surface area (Å²) in [5, 5.41) is 3.20. The van der Waals surface area contributed by atoms with Crippen molar-refractivity contribution in [1.29, 1.82) is 0 Å². The molecule has 6 heteroatoms. The van der Waals surface area contributed by atoms with Gasteiger partial charge < -0.3 is 15.0 Å². The Balaban J connectivity index is 1.47. The highest BCUT2D eigenvalue weighted by molar-refractivity contribution is 5.91. The highest BCUT2D eigenvalue weighted by Crippen LogP contribution is 2.23. The molecule has 0 aliphatic carbocycles. The lowest BCUT2D eigenvalue weighted by Gasteiger charge is -2.36. The van der Waals surface area contributed by atoms with Crippen molar-refractivity contribution in [3.63, 3.8) is 0 Å². The molecule has 0 bridgehead atoms. The molecule has 27 heavy (non-hydrogen) atoms. The number of hydrogen-bond acceptors (Lipinski definition) is 4. The third-order valence-electron chi connectivity index (χ3n) is 5.73. The Bertz CT molecular complexity index is 586. The molecule has 1 aromatic rings. The summed E-state index contributed by atoms with van der Waals surface area (Å²) < 4.78 is 5.41. The van der Waals surface area contributed by atoms with Crippen LogP contribution in [0.2, 0.25) is 0 Å². The van der Waals surface area contributed by atoms with Gasteiger partial charge in [-0.15, -0.1) is 0 Å². The van der Waals surface area contributed by atoms with E-state index in [1.807, 2.05) is 4.90 Å². The van der Waals surface area contributed by atoms with Crippen LogP contribution in [-0.4, -0.2) is 86.3 Å². The summed E-state index contributed by atoms with van der Waals surface area (Å²) in [6.45, 7) is 13.7. The zero-order chi connectivity index (χ0) is 19.1. The van der Waals surface area contributed by atoms with Crippen molar-refractivity contribution in [2.45, 2.75) is 26.7 Å². The van der Waals surface area contributed by atoms with Crippen LogP contribution >= 0.6 is 0 Å². The molecule has 2 saturated heterocycles. The van der Waals surface area contributed by atoms with Gasteiger partial charge in [-0.2, -0.15) is 0 Å². The van der Waals surface area contributed by atoms with E-state index in [1.54, 1.807) is 0 Å². The molecule has 2 aliphatic heterocycles. The predicted molar refractivity (Wildman–Crippen MR) is 109 cm³/mol. The van der Waals surface area contributed by atoms with Crippen molar-refractivity contribution in [2.75, 3.05) is 70.9 Å². The Morgan fingerprint density at radius 3 is 2.04 bits per heavy atom. The van der Waals surface area contributed by atoms with Gasteiger partial charge in [0.25, 0.3) is 0 Å². The summed E-state index contributed by atoms with van der Waals surface area (Å²) in [5.41, 5.74) is 3.45. The summed E-state index contributed by atoms with van der Waals surface area (Å²) >= 11 is 0. The molecule has 0 aromatic heterocycles. The predicted octanol–water partition coefficient (Wildman–Crippen LogP) is 2.29. The molecular weight excluding hydrogens is 340 g/mol. The van der Waals surface area contributed by atoms with Crippen LogP contribution in [-0.2, 0) is 17.6 Å². The van der Waals surface area contributed by atoms with Crippen LogP contribution in [0.25, 0.3) is 0 Å². The number of benzene rings is 1. The number of urea groups is 1. The third kappa shape index (κ3) is 5.43. The average molecular weight is 375 g/mol. The van der Waals surface area contributed by atoms with Crippen LogP contribution in [0.4, 0.5) is 10.5 Å². The van der Waals surface area contributed by atoms with Gasteiger partial charge in [0, 0.05) is 58.0 Å². The molecule has 2 amide bonds. The van der Waals surface area contributed by atoms with Crippen molar-refractivity contribution in [3.8, 4) is 0 Å². The first-order valence-electron chi connectivity index (χ1n) is 10.4. The molecule has 2 aliphatic rings. The number of piperazine rings is 1. The molecular formula is C21H34N4O2. The standard InChI is InChI=1S/C21H34N4O2/c1-3-18-6-5-7-19(4-2)20(18)22-21(26)25-12-10-23(11-13-25)8-9-24-14-16-27-17-15-24/h5-7H,3-4,8-17H2,1-2H3,(H,22,26). The lowest BCUT2D eigenvalue weighted by atomic mass is 10.0. The zero-order valence-electron chi connectivity index (χ0n) is 16.9. The van der Waals surface area contributed by atoms with Crippen molar-refractivity contribution >= 4 is 11.7 Å². The zero-order valence-corrected chi connectivity index (χ0v) is 16.9. The number of rotatable bonds is 6. The van der Waals surface area contributed by atoms with E-state index in [-0.39, 0.29) is 6.03 Å². The van der Waals surface area contributed by atoms with Gasteiger partial charge in [-0.3, -0.25) is 9.80 Å². The van der Waals surface area contributed by atoms with Gasteiger partial charge in [-0.1, -0.05) is 32.0 Å². The van der Waals surface area contributed by atoms with Crippen LogP contribution in [0.5, 0.6) is 0 Å². The van der Waals surface area contributed by atoms with Crippen molar-refractivity contribution in [2.24, 2.45) is 0 Å². The van der Waals surface area contributed by atoms with Crippen molar-refractivity contribution in [1.82, 2.24) is 14.7 Å². The Labute approximate surface area is 163 Å². The number of nitrogens with zero attached hydrogens (tertiary/aromatic N) is 3. The Kier molecular flexibility index (Phi) is 7.50. The number of para-hydroxylation sites is 1. The molecule has 0 unspecified atom stereocenters. The topological polar surface area (TPSA) is 48.1 Å². The second-order valence-electron chi connectivity index (χ2n) is 7.37. The molecule has 2 fully saturated rings. The average Bonchev–Trinajstić information content (AvgIpc) is 2.73. The lowest BCUT2D eigenvalue weighted by Crippen LogP contribution is -2.52. The fourth-order valence-corrected chi connectivity index (χ4v) is 3.87. The van der Waals surface area contributed by atoms with Crippen LogP contribution in [0.1, 0.15) is 25.0 Å². The van der Waals surface area contributed by atoms with Crippen LogP contribution < -0.4 is 5.32 Å². The van der Waals surface area contributed by atoms with E-state index in [9.17, 15) is 4.79 Å². The summed E-state index contributed by atoms with van der Waals surface area (Å²) in [5.74, 6) is 0. The molecule has 1 aromatic carbocycles. The maximum Gasteiger partial charge on any atom is 0.321 e. The molecule has 0 radical (unpaired) electrons. The van der Waals surface area contributed by atoms with Crippen molar-refractivity contribution in [3.05, 3.63) is 29.3 Å². The van der Waals surface area contributed by atoms with E-state index in [0.717, 1.165) is 84.1 Å². The van der Waals surface area contributed by atoms with Crippen LogP contribution in [0, 0.1) is 0 Å². The number of hydrogen-bond donors (Lipinski definition) is 1. The monoisotopic (exact) mass is 374 g/mol. The molecule has 0 atom stereocenters. The quantitative estimate of drug-likeness (QED) is 0.830. The second-order valence-corrected chi connectivity index (χ2v) is 7.37. The van der Waals surface area contributed by atoms with Gasteiger partial charge in [0.05, 0.1) is 13.2 Å². The number of carbonyl (C=O) groups excluding carboxylic acids is 1. The van der Waals surface area contributed by atoms with Crippen molar-refractivity contribution < 1.29 is 9.53 Å². The minimum absolute atomic E-state index is 0.0402. The van der Waals surface area contributed by atoms with Gasteiger partial charge in [-0.25, -0.2) is 4.79 Å². The second kappa shape index (κ2) is 10.1. The van der Waals surface area contributed by atoms with Crippen LogP contribution in [0.3, 0.4) is 0 Å². The number of anilines is 1. The molecule has 150 valence electrons. The maximum absolute atomic E-state index is 12.8. The van der Waals surface area contributed by atoms with E-state index in [2.05, 4.69) is 47.2 Å². The van der Waals surface area contributed by atoms with Gasteiger partial charge >= 0.3 is 6.03 Å². The fourth-order valence-electron chi connectivity index (χ4n) is 3.87. The number of amides is 2. The molecule has 0 spiro atoms. The van der Waals surface area contributed by atoms with E-state index >= 15 is 0 Å². The van der Waals surface area contributed by atoms with Gasteiger partial charge in [0.1, 0.15) is 0 Å². The summed E-state index contributed by atoms with van der Waals surface area (Å²) in [7, 11) is 0. The number of ether oxygens (including phenoxy) is 1. The number of aryl methyl sites for hydroxylation is 2. The highest BCUT2D eigenvalue weighted by Gasteiger charge is 2.22. The number of morpholine rings is 1.